The van der Waals surface area contributed by atoms with Gasteiger partial charge in [-0.05, 0) is 206 Å². The molecule has 0 bridgehead atoms. The maximum absolute atomic E-state index is 7.09. The molecule has 0 aliphatic rings. The van der Waals surface area contributed by atoms with Crippen LogP contribution in [0.2, 0.25) is 0 Å². The molecule has 0 saturated carbocycles. The van der Waals surface area contributed by atoms with Crippen LogP contribution in [0.3, 0.4) is 0 Å². The van der Waals surface area contributed by atoms with Crippen molar-refractivity contribution in [3.8, 4) is 94.7 Å². The number of aryl methyl sites for hydroxylation is 1. The van der Waals surface area contributed by atoms with E-state index in [0.717, 1.165) is 178 Å². The molecule has 0 unspecified atom stereocenters. The molecule has 558 valence electrons. The van der Waals surface area contributed by atoms with Crippen LogP contribution in [0.15, 0.2) is 433 Å². The van der Waals surface area contributed by atoms with Gasteiger partial charge in [0, 0.05) is 105 Å². The van der Waals surface area contributed by atoms with Gasteiger partial charge in [0.15, 0.2) is 0 Å². The monoisotopic (exact) mass is 1520 g/mol. The molecule has 19 aromatic carbocycles. The van der Waals surface area contributed by atoms with Gasteiger partial charge in [0.2, 0.25) is 0 Å². The van der Waals surface area contributed by atoms with Crippen molar-refractivity contribution in [2.75, 3.05) is 9.80 Å². The van der Waals surface area contributed by atoms with E-state index in [1.165, 1.54) is 54.5 Å². The summed E-state index contributed by atoms with van der Waals surface area (Å²) in [5.41, 5.74) is 34.2. The first-order chi connectivity index (χ1) is 58.9. The molecule has 119 heavy (non-hydrogen) atoms. The van der Waals surface area contributed by atoms with Crippen LogP contribution in [-0.2, 0) is 0 Å². The lowest BCUT2D eigenvalue weighted by Gasteiger charge is -2.29. The molecule has 0 spiro atoms. The maximum Gasteiger partial charge on any atom is 0.143 e. The number of nitrogens with one attached hydrogen (secondary N) is 1. The molecule has 4 aromatic heterocycles. The third kappa shape index (κ3) is 11.8. The number of benzene rings is 19. The summed E-state index contributed by atoms with van der Waals surface area (Å²) in [6.07, 6.45) is 0. The maximum atomic E-state index is 7.09. The Labute approximate surface area is 687 Å². The zero-order chi connectivity index (χ0) is 78.6. The zero-order valence-electron chi connectivity index (χ0n) is 65.1. The summed E-state index contributed by atoms with van der Waals surface area (Å²) in [5, 5.41) is 11.6. The summed E-state index contributed by atoms with van der Waals surface area (Å²) in [5.74, 6) is 0. The lowest BCUT2D eigenvalue weighted by atomic mass is 9.90. The van der Waals surface area contributed by atoms with Crippen LogP contribution in [0.5, 0.6) is 0 Å². The Morgan fingerprint density at radius 3 is 1.43 bits per heavy atom. The molecule has 0 saturated heterocycles. The van der Waals surface area contributed by atoms with Crippen molar-refractivity contribution < 1.29 is 8.83 Å². The predicted molar refractivity (Wildman–Crippen MR) is 500 cm³/mol. The van der Waals surface area contributed by atoms with E-state index >= 15 is 0 Å². The van der Waals surface area contributed by atoms with Crippen LogP contribution in [-0.4, -0.2) is 9.55 Å². The fraction of sp³-hybridized carbons (Fsp3) is 0.00885. The summed E-state index contributed by atoms with van der Waals surface area (Å²) in [6, 6.07) is 155. The highest BCUT2D eigenvalue weighted by Crippen LogP contribution is 2.50. The highest BCUT2D eigenvalue weighted by Gasteiger charge is 2.26. The van der Waals surface area contributed by atoms with Gasteiger partial charge in [-0.1, -0.05) is 303 Å². The second kappa shape index (κ2) is 28.4. The lowest BCUT2D eigenvalue weighted by molar-refractivity contribution is 0.669. The lowest BCUT2D eigenvalue weighted by Crippen LogP contribution is -2.12. The average Bonchev–Trinajstić information content (AvgIpc) is 1.63. The van der Waals surface area contributed by atoms with Crippen LogP contribution in [0.25, 0.3) is 193 Å². The summed E-state index contributed by atoms with van der Waals surface area (Å²) in [7, 11) is 0. The number of nitrogens with zero attached hydrogens (tertiary/aromatic N) is 3. The molecule has 0 fully saturated rings. The summed E-state index contributed by atoms with van der Waals surface area (Å²) in [6.45, 7) is 2.22. The summed E-state index contributed by atoms with van der Waals surface area (Å²) < 4.78 is 16.2. The Morgan fingerprint density at radius 1 is 0.235 bits per heavy atom. The number of aromatic nitrogens is 2. The Balaban J connectivity index is 0.606. The fourth-order valence-electron chi connectivity index (χ4n) is 18.6. The van der Waals surface area contributed by atoms with E-state index in [9.17, 15) is 0 Å². The van der Waals surface area contributed by atoms with Crippen LogP contribution in [0, 0.1) is 6.92 Å². The molecule has 0 aliphatic carbocycles. The van der Waals surface area contributed by atoms with Crippen molar-refractivity contribution in [1.29, 1.82) is 0 Å². The third-order valence-electron chi connectivity index (χ3n) is 24.3. The average molecular weight is 1520 g/mol. The second-order valence-corrected chi connectivity index (χ2v) is 31.1. The van der Waals surface area contributed by atoms with E-state index < -0.39 is 0 Å². The standard InChI is InChI=1S/C113H74N4O2/c1-72-25-2-5-36-88(72)102-71-87(62-63-93(102)98-45-24-46-99-94-39-6-12-49-104(94)114-111(98)99)116(105-50-13-7-38-90(105)82-56-55-73-26-3-4-27-75(73)66-82)86-35-21-32-81(69-86)92-44-23-48-101-103-70-78(59-64-110(103)119-113(92)101)77-29-18-28-76(65-77)74-57-60-83(61-58-74)115(85-34-20-31-80(68-85)91-43-22-47-100-97-42-11-17-54-109(97)118-112(91)100)84-33-19-30-79(67-84)89-37-8-14-51-106(89)117-107-52-15-9-40-95(107)96-41-10-16-53-108(96)117/h2-71,114H,1H3. The molecule has 4 heterocycles. The normalized spacial score (nSPS) is 11.7. The minimum atomic E-state index is 0.830. The first-order valence-corrected chi connectivity index (χ1v) is 40.8. The third-order valence-corrected chi connectivity index (χ3v) is 24.3. The van der Waals surface area contributed by atoms with Crippen LogP contribution < -0.4 is 9.80 Å². The number of hydrogen-bond acceptors (Lipinski definition) is 4. The molecule has 6 nitrogen and oxygen atoms in total. The second-order valence-electron chi connectivity index (χ2n) is 31.1. The molecule has 0 amide bonds. The SMILES string of the molecule is Cc1ccccc1-c1cc(N(c2cccc(-c3cccc4c3oc3ccc(-c5cccc(-c6ccc(N(c7cccc(-c8ccccc8-n8c9ccccc9c9ccccc98)c7)c7cccc(-c8cccc9c8oc8ccccc89)c7)cc6)c5)cc34)c2)c2ccccc2-c2ccc3ccccc3c2)ccc1-c1cccc2c1[nH]c1ccccc12. The molecule has 0 aliphatic heterocycles. The van der Waals surface area contributed by atoms with E-state index in [4.69, 9.17) is 8.83 Å². The molecule has 23 aromatic rings. The van der Waals surface area contributed by atoms with Gasteiger partial charge < -0.3 is 28.2 Å². The van der Waals surface area contributed by atoms with Crippen LogP contribution in [0.1, 0.15) is 5.56 Å². The van der Waals surface area contributed by atoms with Crippen LogP contribution >= 0.6 is 0 Å². The van der Waals surface area contributed by atoms with Gasteiger partial charge in [0.05, 0.1) is 27.9 Å². The molecule has 6 heteroatoms. The van der Waals surface area contributed by atoms with Gasteiger partial charge in [-0.15, -0.1) is 0 Å². The minimum absolute atomic E-state index is 0.830. The quantitative estimate of drug-likeness (QED) is 0.111. The number of aromatic amines is 1. The molecule has 23 rings (SSSR count). The van der Waals surface area contributed by atoms with Gasteiger partial charge in [-0.2, -0.15) is 0 Å². The Morgan fingerprint density at radius 2 is 0.706 bits per heavy atom. The van der Waals surface area contributed by atoms with Crippen molar-refractivity contribution in [1.82, 2.24) is 9.55 Å². The topological polar surface area (TPSA) is 53.5 Å². The van der Waals surface area contributed by atoms with Gasteiger partial charge in [0.25, 0.3) is 0 Å². The highest BCUT2D eigenvalue weighted by atomic mass is 16.3. The van der Waals surface area contributed by atoms with Crippen molar-refractivity contribution >= 4 is 132 Å². The Bertz CT molecular complexity index is 7930. The van der Waals surface area contributed by atoms with E-state index in [1.54, 1.807) is 0 Å². The Hall–Kier alpha value is -15.8. The highest BCUT2D eigenvalue weighted by molar-refractivity contribution is 6.15. The van der Waals surface area contributed by atoms with E-state index in [0.29, 0.717) is 0 Å². The summed E-state index contributed by atoms with van der Waals surface area (Å²) in [4.78, 5) is 8.68. The van der Waals surface area contributed by atoms with Gasteiger partial charge in [-0.25, -0.2) is 0 Å². The number of rotatable bonds is 15. The van der Waals surface area contributed by atoms with Gasteiger partial charge in [0.1, 0.15) is 22.3 Å². The van der Waals surface area contributed by atoms with Gasteiger partial charge >= 0.3 is 0 Å². The van der Waals surface area contributed by atoms with Gasteiger partial charge in [-0.3, -0.25) is 0 Å². The van der Waals surface area contributed by atoms with E-state index in [2.05, 4.69) is 445 Å². The number of H-pyrrole nitrogens is 1. The number of hydrogen-bond donors (Lipinski definition) is 1. The molecule has 0 atom stereocenters. The fourth-order valence-corrected chi connectivity index (χ4v) is 18.6. The number of fused-ring (bicyclic) bond motifs is 13. The Kier molecular flexibility index (Phi) is 16.4. The van der Waals surface area contributed by atoms with Crippen LogP contribution in [0.4, 0.5) is 34.1 Å². The largest absolute Gasteiger partial charge is 0.455 e. The first kappa shape index (κ1) is 68.8. The number of para-hydroxylation sites is 9. The zero-order valence-corrected chi connectivity index (χ0v) is 65.1. The summed E-state index contributed by atoms with van der Waals surface area (Å²) >= 11 is 0. The molecule has 1 N–H and O–H groups in total. The van der Waals surface area contributed by atoms with Crippen molar-refractivity contribution in [2.45, 2.75) is 6.92 Å². The number of anilines is 6. The van der Waals surface area contributed by atoms with Crippen molar-refractivity contribution in [3.63, 3.8) is 0 Å². The van der Waals surface area contributed by atoms with E-state index in [1.807, 2.05) is 6.07 Å². The first-order valence-electron chi connectivity index (χ1n) is 40.8. The van der Waals surface area contributed by atoms with Crippen molar-refractivity contribution in [3.05, 3.63) is 430 Å². The number of furan rings is 2. The smallest absolute Gasteiger partial charge is 0.143 e. The molecular formula is C113H74N4O2. The van der Waals surface area contributed by atoms with E-state index in [-0.39, 0.29) is 0 Å². The predicted octanol–water partition coefficient (Wildman–Crippen LogP) is 32.0. The molecular weight excluding hydrogens is 1450 g/mol. The van der Waals surface area contributed by atoms with Crippen molar-refractivity contribution in [2.24, 2.45) is 0 Å². The molecule has 0 radical (unpaired) electrons. The minimum Gasteiger partial charge on any atom is -0.455 e.